The molecule has 19 nitrogen and oxygen atoms in total. The van der Waals surface area contributed by atoms with Crippen LogP contribution >= 0.6 is 0 Å². The fraction of sp³-hybridized carbons (Fsp3) is 0.179. The van der Waals surface area contributed by atoms with Gasteiger partial charge in [0.25, 0.3) is 10.1 Å². The number of aromatic nitrogens is 5. The number of nitrogens with one attached hydrogen (secondary N) is 2. The van der Waals surface area contributed by atoms with E-state index >= 15 is 0 Å². The predicted molar refractivity (Wildman–Crippen MR) is 174 cm³/mol. The minimum absolute atomic E-state index is 0.0936. The predicted octanol–water partition coefficient (Wildman–Crippen LogP) is 3.75. The molecule has 0 saturated carbocycles. The Morgan fingerprint density at radius 1 is 1.12 bits per heavy atom. The molecule has 21 heteroatoms. The normalized spacial score (nSPS) is 13.6. The fourth-order valence-corrected chi connectivity index (χ4v) is 5.87. The Balaban J connectivity index is 1.42. The van der Waals surface area contributed by atoms with Crippen molar-refractivity contribution in [3.05, 3.63) is 72.1 Å². The van der Waals surface area contributed by atoms with Crippen molar-refractivity contribution >= 4 is 72.4 Å². The van der Waals surface area contributed by atoms with Gasteiger partial charge in [-0.2, -0.15) is 13.0 Å². The molecule has 256 valence electrons. The van der Waals surface area contributed by atoms with Gasteiger partial charge in [-0.05, 0) is 55.5 Å². The lowest BCUT2D eigenvalue weighted by molar-refractivity contribution is -0.136. The number of fused-ring (bicyclic) bond motifs is 2. The first kappa shape index (κ1) is 34.6. The highest BCUT2D eigenvalue weighted by Crippen LogP contribution is 2.35. The molecule has 0 aliphatic rings. The molecule has 0 bridgehead atoms. The van der Waals surface area contributed by atoms with Crippen molar-refractivity contribution in [2.75, 3.05) is 23.3 Å². The molecule has 0 aliphatic heterocycles. The lowest BCUT2D eigenvalue weighted by Crippen LogP contribution is -2.34. The van der Waals surface area contributed by atoms with Crippen LogP contribution in [0.5, 0.6) is 0 Å². The number of azo groups is 1. The number of aliphatic carboxylic acids is 2. The summed E-state index contributed by atoms with van der Waals surface area (Å²) in [5.41, 5.74) is 2.04. The van der Waals surface area contributed by atoms with Crippen LogP contribution in [0.15, 0.2) is 80.6 Å². The largest absolute Gasteiger partial charge is 0.495 e. The van der Waals surface area contributed by atoms with Gasteiger partial charge in [-0.1, -0.05) is 6.92 Å². The second-order valence-electron chi connectivity index (χ2n) is 10.5. The van der Waals surface area contributed by atoms with E-state index in [2.05, 4.69) is 35.7 Å². The summed E-state index contributed by atoms with van der Waals surface area (Å²) in [4.78, 5) is 31.9. The van der Waals surface area contributed by atoms with Crippen LogP contribution in [0.2, 0.25) is 0 Å². The summed E-state index contributed by atoms with van der Waals surface area (Å²) in [5, 5.41) is 48.3. The zero-order chi connectivity index (χ0) is 35.6. The number of H-pyrrole nitrogens is 1. The van der Waals surface area contributed by atoms with Crippen LogP contribution in [-0.2, 0) is 30.8 Å². The number of aliphatic hydroxyl groups is 1. The number of benzene rings is 2. The zero-order valence-electron chi connectivity index (χ0n) is 25.4. The van der Waals surface area contributed by atoms with E-state index in [0.717, 1.165) is 18.2 Å². The molecule has 5 rings (SSSR count). The van der Waals surface area contributed by atoms with Gasteiger partial charge in [0, 0.05) is 23.2 Å². The summed E-state index contributed by atoms with van der Waals surface area (Å²) in [6.45, 7) is 2.24. The van der Waals surface area contributed by atoms with Gasteiger partial charge in [-0.25, -0.2) is 9.19 Å². The van der Waals surface area contributed by atoms with Crippen LogP contribution in [0, 0.1) is 6.92 Å². The second-order valence-corrected chi connectivity index (χ2v) is 12.9. The molecule has 2 unspecified atom stereocenters. The molecule has 0 amide bonds. The molecule has 7 N–H and O–H groups in total. The molecular formula is C28H27N9O10S2. The zero-order valence-corrected chi connectivity index (χ0v) is 27.0. The number of aromatic amines is 1. The first-order valence-electron chi connectivity index (χ1n) is 13.9. The van der Waals surface area contributed by atoms with Crippen LogP contribution < -0.4 is 10.2 Å². The van der Waals surface area contributed by atoms with E-state index in [0.29, 0.717) is 28.0 Å². The first-order chi connectivity index (χ1) is 23.1. The van der Waals surface area contributed by atoms with E-state index < -0.39 is 62.9 Å². The molecule has 5 aromatic rings. The van der Waals surface area contributed by atoms with Crippen LogP contribution in [0.25, 0.3) is 16.6 Å². The van der Waals surface area contributed by atoms with E-state index in [9.17, 15) is 46.6 Å². The third-order valence-corrected chi connectivity index (χ3v) is 8.38. The monoisotopic (exact) mass is 713 g/mol. The molecule has 2 aromatic carbocycles. The summed E-state index contributed by atoms with van der Waals surface area (Å²) in [6.07, 6.45) is 2.79. The van der Waals surface area contributed by atoms with Crippen LogP contribution in [0.4, 0.5) is 22.7 Å². The topological polar surface area (TPSA) is 285 Å². The number of nitrogens with zero attached hydrogens (tertiary/aromatic N) is 7. The van der Waals surface area contributed by atoms with Crippen molar-refractivity contribution in [1.82, 2.24) is 24.8 Å². The minimum Gasteiger partial charge on any atom is -0.495 e. The maximum atomic E-state index is 11.6. The molecule has 0 saturated heterocycles. The van der Waals surface area contributed by atoms with Crippen LogP contribution in [-0.4, -0.2) is 86.9 Å². The number of hydrogen-bond donors (Lipinski definition) is 7. The van der Waals surface area contributed by atoms with Crippen molar-refractivity contribution in [1.29, 1.82) is 0 Å². The number of carboxylic acid groups (broad SMARTS) is 2. The highest BCUT2D eigenvalue weighted by Gasteiger charge is 2.21. The standard InChI is InChI=1S/C28H27N9O10S2/c1-14(8-22(38)30-16-9-17(48(43)44)11-18(10-16)49(45,46)47)27-31-28-25(15(2)34-37(28)35-27)33-32-20-5-6-21(26-19(20)4-3-7-29-26)36(12-23(39)40)13-24(41)42/h3-11,14,30,34,38H,12-13H2,1-2H3,(H,39,40)(H,41,42)(H,43,44)(H,45,46,47)/b22-8+,33-32?. The average molecular weight is 714 g/mol. The van der Waals surface area contributed by atoms with E-state index in [1.165, 1.54) is 27.9 Å². The quantitative estimate of drug-likeness (QED) is 0.0396. The summed E-state index contributed by atoms with van der Waals surface area (Å²) < 4.78 is 54.9. The van der Waals surface area contributed by atoms with Crippen molar-refractivity contribution in [3.63, 3.8) is 0 Å². The van der Waals surface area contributed by atoms with Crippen LogP contribution in [0.3, 0.4) is 0 Å². The summed E-state index contributed by atoms with van der Waals surface area (Å²) in [7, 11) is -4.72. The Bertz CT molecular complexity index is 2280. The number of carbonyl (C=O) groups is 2. The highest BCUT2D eigenvalue weighted by atomic mass is 32.2. The van der Waals surface area contributed by atoms with Gasteiger partial charge in [0.15, 0.2) is 28.5 Å². The van der Waals surface area contributed by atoms with Crippen LogP contribution in [0.1, 0.15) is 24.4 Å². The smallest absolute Gasteiger partial charge is 0.323 e. The number of rotatable bonds is 13. The van der Waals surface area contributed by atoms with Gasteiger partial charge in [0.1, 0.15) is 13.1 Å². The summed E-state index contributed by atoms with van der Waals surface area (Å²) >= 11 is -2.58. The average Bonchev–Trinajstić information content (AvgIpc) is 3.55. The summed E-state index contributed by atoms with van der Waals surface area (Å²) in [6, 6.07) is 9.31. The Hall–Kier alpha value is -5.77. The van der Waals surface area contributed by atoms with Crippen molar-refractivity contribution in [3.8, 4) is 0 Å². The Morgan fingerprint density at radius 3 is 2.49 bits per heavy atom. The van der Waals surface area contributed by atoms with Gasteiger partial charge in [0.05, 0.1) is 32.4 Å². The van der Waals surface area contributed by atoms with E-state index in [1.54, 1.807) is 32.0 Å². The Labute approximate surface area is 278 Å². The fourth-order valence-electron chi connectivity index (χ4n) is 4.79. The highest BCUT2D eigenvalue weighted by molar-refractivity contribution is 7.86. The molecule has 3 heterocycles. The first-order valence-corrected chi connectivity index (χ1v) is 16.5. The number of aliphatic hydroxyl groups excluding tert-OH is 1. The SMILES string of the molecule is Cc1[nH]n2nc(C(C)/C=C(/O)Nc3cc(S(=O)O)cc(S(=O)(=O)O)c3)nc2c1N=Nc1ccc(N(CC(=O)O)CC(=O)O)c2ncccc12. The van der Waals surface area contributed by atoms with Crippen molar-refractivity contribution < 1.29 is 46.6 Å². The lowest BCUT2D eigenvalue weighted by atomic mass is 10.1. The van der Waals surface area contributed by atoms with E-state index in [4.69, 9.17) is 0 Å². The lowest BCUT2D eigenvalue weighted by Gasteiger charge is -2.22. The van der Waals surface area contributed by atoms with E-state index in [1.807, 2.05) is 0 Å². The van der Waals surface area contributed by atoms with Gasteiger partial charge in [-0.3, -0.25) is 24.2 Å². The van der Waals surface area contributed by atoms with Gasteiger partial charge in [-0.15, -0.1) is 15.3 Å². The number of allylic oxidation sites excluding steroid dienone is 1. The third-order valence-electron chi connectivity index (χ3n) is 6.91. The maximum absolute atomic E-state index is 11.6. The summed E-state index contributed by atoms with van der Waals surface area (Å²) in [5.74, 6) is -3.31. The van der Waals surface area contributed by atoms with Crippen molar-refractivity contribution in [2.24, 2.45) is 10.2 Å². The molecule has 0 spiro atoms. The van der Waals surface area contributed by atoms with E-state index in [-0.39, 0.29) is 27.7 Å². The molecular weight excluding hydrogens is 686 g/mol. The number of aryl methyl sites for hydroxylation is 1. The van der Waals surface area contributed by atoms with Gasteiger partial charge < -0.3 is 30.1 Å². The molecule has 0 fully saturated rings. The molecule has 0 radical (unpaired) electrons. The molecule has 49 heavy (non-hydrogen) atoms. The number of carboxylic acids is 2. The molecule has 3 aromatic heterocycles. The Kier molecular flexibility index (Phi) is 9.71. The van der Waals surface area contributed by atoms with Gasteiger partial charge >= 0.3 is 11.9 Å². The Morgan fingerprint density at radius 2 is 1.84 bits per heavy atom. The molecule has 0 aliphatic carbocycles. The third kappa shape index (κ3) is 7.86. The van der Waals surface area contributed by atoms with Gasteiger partial charge in [0.2, 0.25) is 5.65 Å². The number of pyridine rings is 1. The number of hydrogen-bond acceptors (Lipinski definition) is 13. The molecule has 2 atom stereocenters. The number of anilines is 2. The van der Waals surface area contributed by atoms with Crippen molar-refractivity contribution in [2.45, 2.75) is 29.6 Å². The second kappa shape index (κ2) is 13.8. The minimum atomic E-state index is -4.72. The maximum Gasteiger partial charge on any atom is 0.323 e.